The molecule has 0 aromatic heterocycles. The first-order valence-electron chi connectivity index (χ1n) is 32.4. The lowest BCUT2D eigenvalue weighted by molar-refractivity contribution is -0.149. The second-order valence-electron chi connectivity index (χ2n) is 28.8. The van der Waals surface area contributed by atoms with E-state index in [0.29, 0.717) is 98.1 Å². The second kappa shape index (κ2) is 56.7. The standard InChI is InChI=1S/C12H24N2O4.C11H22N2O3.C11H21NO3.C10H19NO2.C10H21NO2.C8H17NO.C6H12O2/c1-12(2,3)11(16)14-6-8-18-7-5-13-10(15)9-17-4;1-9(14)12-5-7-16-8-6-13-10(15)11(2,3)4;1-11(2,3)10(14)12-7-5-6-9(13)8-15-4;1-8(12)6-5-7-11-9(13)10(2,3)4;1-5-7-13-8-6-11-9(12)10(2,3)4;1-5-6-9-7(10)8(2,3)4;1-6(2,3)5(7)8-4/h5-9H2,1-4H3,(H,13,15)(H,14,16);5-8H2,1-4H3,(H,12,14)(H,13,15);5-8H2,1-4H3,(H,12,14);5-7H2,1-4H3,(H,11,13);5-8H2,1-4H3,(H,11,12);5-6H2,1-4H3,(H,9,10);1-4H3. The SMILES string of the molecule is CC(=O)CCCNC(=O)C(C)(C)C.CC(=O)NCCOCCNC(=O)C(C)(C)C.CCCNC(=O)C(C)(C)C.CCCOCCNC(=O)C(C)(C)C.COC(=O)C(C)(C)C.COCC(=O)CCCNC(=O)C(C)(C)C.COCC(=O)NCCOCCNC(=O)C(C)(C)C. The quantitative estimate of drug-likeness (QED) is 0.0251. The van der Waals surface area contributed by atoms with Crippen molar-refractivity contribution in [3.05, 3.63) is 0 Å². The Balaban J connectivity index is -0.000000188. The number of nitrogens with one attached hydrogen (secondary N) is 8. The zero-order valence-electron chi connectivity index (χ0n) is 63.5. The molecule has 0 unspecified atom stereocenters. The van der Waals surface area contributed by atoms with Gasteiger partial charge in [0.15, 0.2) is 5.78 Å². The van der Waals surface area contributed by atoms with E-state index in [1.165, 1.54) is 28.3 Å². The average molecular weight is 1340 g/mol. The van der Waals surface area contributed by atoms with Gasteiger partial charge in [-0.05, 0) is 53.4 Å². The summed E-state index contributed by atoms with van der Waals surface area (Å²) in [7, 11) is 4.36. The topological polar surface area (TPSA) is 339 Å². The van der Waals surface area contributed by atoms with Crippen molar-refractivity contribution in [1.29, 1.82) is 0 Å². The number of rotatable bonds is 31. The van der Waals surface area contributed by atoms with E-state index in [-0.39, 0.29) is 116 Å². The molecule has 0 spiro atoms. The summed E-state index contributed by atoms with van der Waals surface area (Å²) in [5, 5.41) is 22.0. The zero-order valence-corrected chi connectivity index (χ0v) is 63.5. The van der Waals surface area contributed by atoms with Crippen LogP contribution in [0.3, 0.4) is 0 Å². The number of hydrogen-bond donors (Lipinski definition) is 8. The molecule has 550 valence electrons. The molecular formula is C68H136N8O17. The van der Waals surface area contributed by atoms with Gasteiger partial charge in [0.05, 0.1) is 45.6 Å². The van der Waals surface area contributed by atoms with Crippen molar-refractivity contribution < 1.29 is 81.2 Å². The van der Waals surface area contributed by atoms with Gasteiger partial charge in [-0.1, -0.05) is 138 Å². The van der Waals surface area contributed by atoms with Gasteiger partial charge in [0.1, 0.15) is 19.0 Å². The van der Waals surface area contributed by atoms with E-state index in [1.54, 1.807) is 6.92 Å². The van der Waals surface area contributed by atoms with E-state index in [0.717, 1.165) is 32.4 Å². The van der Waals surface area contributed by atoms with Gasteiger partial charge in [-0.15, -0.1) is 0 Å². The number of ether oxygens (including phenoxy) is 6. The molecule has 0 aliphatic heterocycles. The summed E-state index contributed by atoms with van der Waals surface area (Å²) in [6.07, 6.45) is 4.43. The number of methoxy groups -OCH3 is 3. The summed E-state index contributed by atoms with van der Waals surface area (Å²) >= 11 is 0. The smallest absolute Gasteiger partial charge is 0.310 e. The van der Waals surface area contributed by atoms with Crippen molar-refractivity contribution in [2.45, 2.75) is 212 Å². The number of carbonyl (C=O) groups excluding carboxylic acids is 11. The third-order valence-corrected chi connectivity index (χ3v) is 11.0. The summed E-state index contributed by atoms with van der Waals surface area (Å²) < 4.78 is 29.5. The zero-order chi connectivity index (χ0) is 74.3. The number of amides is 8. The van der Waals surface area contributed by atoms with Gasteiger partial charge in [0, 0.05) is 125 Å². The maximum Gasteiger partial charge on any atom is 0.310 e. The Hall–Kier alpha value is -5.63. The Morgan fingerprint density at radius 2 is 0.591 bits per heavy atom. The van der Waals surface area contributed by atoms with Crippen LogP contribution in [0.1, 0.15) is 212 Å². The van der Waals surface area contributed by atoms with Crippen LogP contribution in [0.25, 0.3) is 0 Å². The molecule has 0 aliphatic rings. The Kier molecular flexibility index (Phi) is 61.5. The molecule has 93 heavy (non-hydrogen) atoms. The fourth-order valence-electron chi connectivity index (χ4n) is 5.30. The van der Waals surface area contributed by atoms with Crippen LogP contribution in [0.15, 0.2) is 0 Å². The number of carbonyl (C=O) groups is 11. The lowest BCUT2D eigenvalue weighted by atomic mass is 9.95. The van der Waals surface area contributed by atoms with Crippen LogP contribution in [-0.4, -0.2) is 191 Å². The highest BCUT2D eigenvalue weighted by Gasteiger charge is 2.25. The van der Waals surface area contributed by atoms with E-state index >= 15 is 0 Å². The van der Waals surface area contributed by atoms with Crippen LogP contribution in [0.5, 0.6) is 0 Å². The van der Waals surface area contributed by atoms with Crippen LogP contribution in [0.2, 0.25) is 0 Å². The highest BCUT2D eigenvalue weighted by Crippen LogP contribution is 2.16. The molecule has 0 aromatic rings. The number of ketones is 2. The van der Waals surface area contributed by atoms with E-state index in [2.05, 4.69) is 58.9 Å². The largest absolute Gasteiger partial charge is 0.469 e. The first-order chi connectivity index (χ1) is 42.4. The third kappa shape index (κ3) is 77.0. The third-order valence-electron chi connectivity index (χ3n) is 11.0. The van der Waals surface area contributed by atoms with Crippen molar-refractivity contribution in [3.63, 3.8) is 0 Å². The van der Waals surface area contributed by atoms with Gasteiger partial charge in [-0.2, -0.15) is 0 Å². The Morgan fingerprint density at radius 3 is 0.839 bits per heavy atom. The van der Waals surface area contributed by atoms with Crippen molar-refractivity contribution in [3.8, 4) is 0 Å². The minimum atomic E-state index is -0.381. The molecule has 25 nitrogen and oxygen atoms in total. The molecule has 0 bridgehead atoms. The molecule has 8 N–H and O–H groups in total. The average Bonchev–Trinajstić information content (AvgIpc) is 2.00. The molecule has 0 aliphatic carbocycles. The van der Waals surface area contributed by atoms with Gasteiger partial charge in [0.25, 0.3) is 0 Å². The summed E-state index contributed by atoms with van der Waals surface area (Å²) in [6.45, 7) is 54.2. The van der Waals surface area contributed by atoms with Gasteiger partial charge in [-0.25, -0.2) is 0 Å². The molecular weight excluding hydrogens is 1200 g/mol. The van der Waals surface area contributed by atoms with E-state index in [1.807, 2.05) is 152 Å². The highest BCUT2D eigenvalue weighted by molar-refractivity contribution is 5.84. The maximum absolute atomic E-state index is 11.5. The molecule has 0 rings (SSSR count). The summed E-state index contributed by atoms with van der Waals surface area (Å²) in [5.41, 5.74) is -2.34. The predicted molar refractivity (Wildman–Crippen MR) is 369 cm³/mol. The molecule has 0 heterocycles. The molecule has 0 atom stereocenters. The van der Waals surface area contributed by atoms with Crippen LogP contribution < -0.4 is 42.5 Å². The van der Waals surface area contributed by atoms with Crippen molar-refractivity contribution in [1.82, 2.24) is 42.5 Å². The molecule has 8 amide bonds. The monoisotopic (exact) mass is 1340 g/mol. The number of esters is 1. The van der Waals surface area contributed by atoms with Gasteiger partial charge >= 0.3 is 5.97 Å². The molecule has 0 saturated carbocycles. The van der Waals surface area contributed by atoms with Gasteiger partial charge in [0.2, 0.25) is 47.3 Å². The molecule has 0 aromatic carbocycles. The summed E-state index contributed by atoms with van der Waals surface area (Å²) in [4.78, 5) is 122. The van der Waals surface area contributed by atoms with Gasteiger partial charge in [-0.3, -0.25) is 47.9 Å². The van der Waals surface area contributed by atoms with Crippen LogP contribution in [-0.2, 0) is 81.2 Å². The van der Waals surface area contributed by atoms with Crippen LogP contribution in [0.4, 0.5) is 0 Å². The Bertz CT molecular complexity index is 2060. The normalized spacial score (nSPS) is 11.1. The predicted octanol–water partition coefficient (Wildman–Crippen LogP) is 7.23. The highest BCUT2D eigenvalue weighted by atomic mass is 16.5. The summed E-state index contributed by atoms with van der Waals surface area (Å²) in [6, 6.07) is 0. The minimum Gasteiger partial charge on any atom is -0.469 e. The fraction of sp³-hybridized carbons (Fsp3) is 0.838. The number of hydrogen-bond acceptors (Lipinski definition) is 17. The molecule has 0 saturated heterocycles. The molecule has 25 heteroatoms. The van der Waals surface area contributed by atoms with E-state index < -0.39 is 0 Å². The van der Waals surface area contributed by atoms with Crippen LogP contribution >= 0.6 is 0 Å². The molecule has 0 fully saturated rings. The van der Waals surface area contributed by atoms with E-state index in [9.17, 15) is 52.7 Å². The first kappa shape index (κ1) is 101. The van der Waals surface area contributed by atoms with Crippen molar-refractivity contribution in [2.75, 3.05) is 127 Å². The number of Topliss-reactive ketones (excluding diaryl/α,β-unsaturated/α-hetero) is 2. The van der Waals surface area contributed by atoms with Crippen molar-refractivity contribution in [2.24, 2.45) is 37.9 Å². The Labute approximate surface area is 562 Å². The van der Waals surface area contributed by atoms with Gasteiger partial charge < -0.3 is 75.8 Å². The maximum atomic E-state index is 11.5. The summed E-state index contributed by atoms with van der Waals surface area (Å²) in [5.74, 6) is 0.119. The lowest BCUT2D eigenvalue weighted by Gasteiger charge is -2.17. The van der Waals surface area contributed by atoms with E-state index in [4.69, 9.17) is 18.9 Å². The Morgan fingerprint density at radius 1 is 0.312 bits per heavy atom. The fourth-order valence-corrected chi connectivity index (χ4v) is 5.30. The van der Waals surface area contributed by atoms with Crippen LogP contribution in [0, 0.1) is 37.9 Å². The molecule has 0 radical (unpaired) electrons. The van der Waals surface area contributed by atoms with Crippen molar-refractivity contribution >= 4 is 64.8 Å². The second-order valence-corrected chi connectivity index (χ2v) is 28.8. The first-order valence-corrected chi connectivity index (χ1v) is 32.4. The lowest BCUT2D eigenvalue weighted by Crippen LogP contribution is -2.37. The minimum absolute atomic E-state index is 0.000465.